The minimum atomic E-state index is -4.78. The van der Waals surface area contributed by atoms with Gasteiger partial charge in [0.1, 0.15) is 0 Å². The fourth-order valence-electron chi connectivity index (χ4n) is 1.24. The monoisotopic (exact) mass is 300 g/mol. The summed E-state index contributed by atoms with van der Waals surface area (Å²) in [6.07, 6.45) is 0. The maximum atomic E-state index is 12.1. The molecule has 0 saturated carbocycles. The number of alkyl halides is 2. The molecule has 1 rings (SSSR count). The highest BCUT2D eigenvalue weighted by Crippen LogP contribution is 2.20. The van der Waals surface area contributed by atoms with E-state index in [0.29, 0.717) is 0 Å². The number of halogens is 2. The average molecular weight is 300 g/mol. The van der Waals surface area contributed by atoms with Gasteiger partial charge in [0.25, 0.3) is 10.0 Å². The van der Waals surface area contributed by atoms with Gasteiger partial charge >= 0.3 is 5.76 Å². The maximum absolute atomic E-state index is 12.1. The Labute approximate surface area is 103 Å². The second-order valence-electron chi connectivity index (χ2n) is 3.43. The lowest BCUT2D eigenvalue weighted by molar-refractivity contribution is 0.236. The van der Waals surface area contributed by atoms with Crippen LogP contribution in [0.1, 0.15) is 5.56 Å². The van der Waals surface area contributed by atoms with Crippen molar-refractivity contribution in [1.82, 2.24) is 0 Å². The number of primary sulfonamides is 1. The van der Waals surface area contributed by atoms with E-state index in [9.17, 15) is 25.6 Å². The van der Waals surface area contributed by atoms with E-state index in [1.165, 1.54) is 6.92 Å². The summed E-state index contributed by atoms with van der Waals surface area (Å²) in [5.74, 6) is -3.57. The zero-order valence-electron chi connectivity index (χ0n) is 9.09. The Bertz CT molecular complexity index is 656. The molecular formula is C8H10F2N2O4S2. The van der Waals surface area contributed by atoms with Gasteiger partial charge in [-0.15, -0.1) is 0 Å². The van der Waals surface area contributed by atoms with Crippen LogP contribution >= 0.6 is 0 Å². The highest BCUT2D eigenvalue weighted by Gasteiger charge is 2.24. The van der Waals surface area contributed by atoms with E-state index in [1.807, 2.05) is 0 Å². The number of nitrogens with two attached hydrogens (primary N) is 1. The first-order valence-electron chi connectivity index (χ1n) is 4.47. The van der Waals surface area contributed by atoms with Crippen molar-refractivity contribution in [3.05, 3.63) is 23.8 Å². The fourth-order valence-corrected chi connectivity index (χ4v) is 2.55. The molecule has 0 aromatic heterocycles. The predicted octanol–water partition coefficient (Wildman–Crippen LogP) is 0.607. The average Bonchev–Trinajstić information content (AvgIpc) is 2.14. The fraction of sp³-hybridized carbons (Fsp3) is 0.250. The van der Waals surface area contributed by atoms with Gasteiger partial charge in [0.05, 0.1) is 4.90 Å². The first-order valence-corrected chi connectivity index (χ1v) is 7.56. The number of hydrogen-bond donors (Lipinski definition) is 2. The summed E-state index contributed by atoms with van der Waals surface area (Å²) >= 11 is 0. The van der Waals surface area contributed by atoms with Gasteiger partial charge in [0.2, 0.25) is 10.0 Å². The Morgan fingerprint density at radius 1 is 1.22 bits per heavy atom. The molecule has 0 aliphatic heterocycles. The Hall–Kier alpha value is -1.26. The molecule has 6 nitrogen and oxygen atoms in total. The van der Waals surface area contributed by atoms with Crippen LogP contribution in [0.25, 0.3) is 0 Å². The van der Waals surface area contributed by atoms with E-state index < -0.39 is 25.8 Å². The Morgan fingerprint density at radius 2 is 1.78 bits per heavy atom. The third-order valence-electron chi connectivity index (χ3n) is 1.98. The molecule has 0 radical (unpaired) electrons. The largest absolute Gasteiger partial charge is 0.355 e. The quantitative estimate of drug-likeness (QED) is 0.849. The van der Waals surface area contributed by atoms with Gasteiger partial charge in [-0.1, -0.05) is 0 Å². The van der Waals surface area contributed by atoms with Crippen LogP contribution < -0.4 is 9.86 Å². The van der Waals surface area contributed by atoms with Crippen LogP contribution in [-0.2, 0) is 20.0 Å². The van der Waals surface area contributed by atoms with Crippen molar-refractivity contribution in [2.75, 3.05) is 4.72 Å². The van der Waals surface area contributed by atoms with Crippen LogP contribution in [0.15, 0.2) is 23.1 Å². The Morgan fingerprint density at radius 3 is 2.17 bits per heavy atom. The summed E-state index contributed by atoms with van der Waals surface area (Å²) in [6, 6.07) is 3.17. The molecule has 102 valence electrons. The number of benzene rings is 1. The minimum Gasteiger partial charge on any atom is -0.279 e. The van der Waals surface area contributed by atoms with Crippen molar-refractivity contribution in [3.63, 3.8) is 0 Å². The van der Waals surface area contributed by atoms with Crippen molar-refractivity contribution in [2.45, 2.75) is 17.6 Å². The molecule has 10 heteroatoms. The predicted molar refractivity (Wildman–Crippen MR) is 61.1 cm³/mol. The number of rotatable bonds is 4. The number of hydrogen-bond acceptors (Lipinski definition) is 4. The molecule has 0 unspecified atom stereocenters. The van der Waals surface area contributed by atoms with Crippen LogP contribution in [0.3, 0.4) is 0 Å². The molecule has 0 atom stereocenters. The van der Waals surface area contributed by atoms with Gasteiger partial charge in [-0.25, -0.2) is 22.0 Å². The first-order chi connectivity index (χ1) is 8.04. The van der Waals surface area contributed by atoms with Gasteiger partial charge in [-0.3, -0.25) is 4.72 Å². The molecule has 0 heterocycles. The van der Waals surface area contributed by atoms with Gasteiger partial charge in [-0.05, 0) is 30.7 Å². The van der Waals surface area contributed by atoms with Crippen LogP contribution in [-0.4, -0.2) is 22.6 Å². The second kappa shape index (κ2) is 4.78. The van der Waals surface area contributed by atoms with Crippen molar-refractivity contribution in [2.24, 2.45) is 5.14 Å². The van der Waals surface area contributed by atoms with Gasteiger partial charge in [0.15, 0.2) is 0 Å². The van der Waals surface area contributed by atoms with E-state index in [4.69, 9.17) is 5.14 Å². The summed E-state index contributed by atoms with van der Waals surface area (Å²) in [7, 11) is -8.72. The lowest BCUT2D eigenvalue weighted by atomic mass is 10.2. The van der Waals surface area contributed by atoms with Gasteiger partial charge < -0.3 is 0 Å². The molecule has 3 N–H and O–H groups in total. The second-order valence-corrected chi connectivity index (χ2v) is 6.61. The third-order valence-corrected chi connectivity index (χ3v) is 4.04. The number of sulfonamides is 2. The zero-order chi connectivity index (χ0) is 14.1. The molecule has 1 aromatic rings. The minimum absolute atomic E-state index is 0.145. The highest BCUT2D eigenvalue weighted by atomic mass is 32.2. The van der Waals surface area contributed by atoms with Crippen molar-refractivity contribution >= 4 is 25.7 Å². The topological polar surface area (TPSA) is 106 Å². The summed E-state index contributed by atoms with van der Waals surface area (Å²) in [5, 5.41) is 4.90. The Kier molecular flexibility index (Phi) is 3.93. The molecule has 18 heavy (non-hydrogen) atoms. The van der Waals surface area contributed by atoms with E-state index >= 15 is 0 Å². The normalized spacial score (nSPS) is 12.7. The van der Waals surface area contributed by atoms with Crippen LogP contribution in [0.2, 0.25) is 0 Å². The van der Waals surface area contributed by atoms with E-state index in [-0.39, 0.29) is 16.1 Å². The van der Waals surface area contributed by atoms with Gasteiger partial charge in [-0.2, -0.15) is 8.78 Å². The molecule has 0 saturated heterocycles. The molecule has 0 amide bonds. The number of nitrogens with one attached hydrogen (secondary N) is 1. The van der Waals surface area contributed by atoms with Crippen molar-refractivity contribution in [3.8, 4) is 0 Å². The lowest BCUT2D eigenvalue weighted by Crippen LogP contribution is -2.21. The lowest BCUT2D eigenvalue weighted by Gasteiger charge is -2.09. The first kappa shape index (κ1) is 14.8. The molecule has 0 bridgehead atoms. The third kappa shape index (κ3) is 3.37. The van der Waals surface area contributed by atoms with E-state index in [2.05, 4.69) is 0 Å². The Balaban J connectivity index is 3.15. The zero-order valence-corrected chi connectivity index (χ0v) is 10.7. The number of aryl methyl sites for hydroxylation is 1. The SMILES string of the molecule is Cc1cc(NS(=O)(=O)C(F)F)ccc1S(N)(=O)=O. The van der Waals surface area contributed by atoms with Crippen LogP contribution in [0.5, 0.6) is 0 Å². The molecule has 0 aliphatic rings. The summed E-state index contributed by atoms with van der Waals surface area (Å²) < 4.78 is 69.8. The van der Waals surface area contributed by atoms with Crippen LogP contribution in [0.4, 0.5) is 14.5 Å². The number of anilines is 1. The molecular weight excluding hydrogens is 290 g/mol. The van der Waals surface area contributed by atoms with Crippen molar-refractivity contribution < 1.29 is 25.6 Å². The smallest absolute Gasteiger partial charge is 0.279 e. The van der Waals surface area contributed by atoms with Crippen LogP contribution in [0, 0.1) is 6.92 Å². The summed E-state index contributed by atoms with van der Waals surface area (Å²) in [6.45, 7) is 1.36. The molecule has 0 fully saturated rings. The standard InChI is InChI=1S/C8H10F2N2O4S2/c1-5-4-6(12-18(15,16)8(9)10)2-3-7(5)17(11,13)14/h2-4,8,12H,1H3,(H2,11,13,14). The van der Waals surface area contributed by atoms with Gasteiger partial charge in [0, 0.05) is 5.69 Å². The van der Waals surface area contributed by atoms with Crippen molar-refractivity contribution in [1.29, 1.82) is 0 Å². The maximum Gasteiger partial charge on any atom is 0.355 e. The molecule has 0 aliphatic carbocycles. The molecule has 1 aromatic carbocycles. The van der Waals surface area contributed by atoms with E-state index in [0.717, 1.165) is 18.2 Å². The molecule has 0 spiro atoms. The van der Waals surface area contributed by atoms with E-state index in [1.54, 1.807) is 4.72 Å². The highest BCUT2D eigenvalue weighted by molar-refractivity contribution is 7.93. The summed E-state index contributed by atoms with van der Waals surface area (Å²) in [5.41, 5.74) is -0.0211. The summed E-state index contributed by atoms with van der Waals surface area (Å²) in [4.78, 5) is -0.206.